The second-order valence-electron chi connectivity index (χ2n) is 9.24. The van der Waals surface area contributed by atoms with Crippen LogP contribution in [0.15, 0.2) is 42.5 Å². The number of nitrogens with zero attached hydrogens (tertiary/aromatic N) is 3. The Morgan fingerprint density at radius 2 is 1.74 bits per heavy atom. The summed E-state index contributed by atoms with van der Waals surface area (Å²) in [5.74, 6) is 0.141. The van der Waals surface area contributed by atoms with Crippen molar-refractivity contribution in [2.75, 3.05) is 26.2 Å². The number of thiophene rings is 1. The van der Waals surface area contributed by atoms with Gasteiger partial charge in [-0.25, -0.2) is 4.98 Å². The Kier molecular flexibility index (Phi) is 6.60. The predicted octanol–water partition coefficient (Wildman–Crippen LogP) is 5.10. The Labute approximate surface area is 208 Å². The van der Waals surface area contributed by atoms with Gasteiger partial charge in [0.25, 0.3) is 5.91 Å². The van der Waals surface area contributed by atoms with E-state index in [1.807, 2.05) is 66.1 Å². The fraction of sp³-hybridized carbons (Fsp3) is 0.423. The first-order chi connectivity index (χ1) is 16.4. The molecule has 4 heterocycles. The van der Waals surface area contributed by atoms with Crippen molar-refractivity contribution in [1.29, 1.82) is 0 Å². The molecule has 2 unspecified atom stereocenters. The average Bonchev–Trinajstić information content (AvgIpc) is 3.28. The monoisotopic (exact) mass is 497 g/mol. The molecule has 0 saturated carbocycles. The maximum atomic E-state index is 13.6. The number of piperidine rings is 1. The lowest BCUT2D eigenvalue weighted by atomic mass is 9.94. The van der Waals surface area contributed by atoms with Gasteiger partial charge in [-0.3, -0.25) is 9.59 Å². The van der Waals surface area contributed by atoms with E-state index in [4.69, 9.17) is 21.3 Å². The highest BCUT2D eigenvalue weighted by atomic mass is 35.5. The van der Waals surface area contributed by atoms with Gasteiger partial charge in [0.05, 0.1) is 38.2 Å². The second-order valence-corrected chi connectivity index (χ2v) is 11.0. The zero-order chi connectivity index (χ0) is 23.8. The lowest BCUT2D eigenvalue weighted by molar-refractivity contribution is -0.148. The number of aromatic nitrogens is 1. The van der Waals surface area contributed by atoms with Crippen LogP contribution in [0.3, 0.4) is 0 Å². The third kappa shape index (κ3) is 4.69. The third-order valence-electron chi connectivity index (χ3n) is 6.63. The zero-order valence-corrected chi connectivity index (χ0v) is 20.9. The number of rotatable bonds is 3. The number of halogens is 1. The van der Waals surface area contributed by atoms with Gasteiger partial charge in [0, 0.05) is 37.5 Å². The van der Waals surface area contributed by atoms with E-state index in [0.717, 1.165) is 21.5 Å². The van der Waals surface area contributed by atoms with Crippen molar-refractivity contribution in [2.45, 2.75) is 38.9 Å². The lowest BCUT2D eigenvalue weighted by Crippen LogP contribution is -2.51. The highest BCUT2D eigenvalue weighted by Crippen LogP contribution is 2.33. The maximum Gasteiger partial charge on any atom is 0.254 e. The van der Waals surface area contributed by atoms with Crippen LogP contribution >= 0.6 is 22.9 Å². The van der Waals surface area contributed by atoms with Crippen LogP contribution < -0.4 is 0 Å². The minimum Gasteiger partial charge on any atom is -0.372 e. The van der Waals surface area contributed by atoms with Gasteiger partial charge in [-0.15, -0.1) is 11.3 Å². The van der Waals surface area contributed by atoms with Crippen molar-refractivity contribution in [2.24, 2.45) is 5.92 Å². The van der Waals surface area contributed by atoms with Crippen molar-refractivity contribution < 1.29 is 14.3 Å². The Balaban J connectivity index is 1.34. The summed E-state index contributed by atoms with van der Waals surface area (Å²) in [5.41, 5.74) is 2.18. The molecule has 0 aliphatic carbocycles. The molecule has 0 bridgehead atoms. The number of para-hydroxylation sites is 1. The average molecular weight is 498 g/mol. The van der Waals surface area contributed by atoms with Gasteiger partial charge in [0.15, 0.2) is 0 Å². The molecule has 0 N–H and O–H groups in total. The van der Waals surface area contributed by atoms with E-state index in [-0.39, 0.29) is 29.9 Å². The Morgan fingerprint density at radius 1 is 1.03 bits per heavy atom. The van der Waals surface area contributed by atoms with Crippen molar-refractivity contribution in [3.8, 4) is 10.6 Å². The van der Waals surface area contributed by atoms with E-state index < -0.39 is 0 Å². The molecule has 2 amide bonds. The standard InChI is InChI=1S/C26H28ClN3O3S/c1-16-14-30(15-17(2)33-16)25(31)18-9-11-29(12-10-18)26(32)20-13-22(23-7-8-24(27)34-23)28-21-6-4-3-5-19(20)21/h3-8,13,16-18H,9-12,14-15H2,1-2H3. The van der Waals surface area contributed by atoms with Crippen LogP contribution in [0.2, 0.25) is 4.34 Å². The van der Waals surface area contributed by atoms with Crippen LogP contribution in [0.1, 0.15) is 37.0 Å². The lowest BCUT2D eigenvalue weighted by Gasteiger charge is -2.39. The normalized spacial score (nSPS) is 21.7. The number of fused-ring (bicyclic) bond motifs is 1. The number of hydrogen-bond acceptors (Lipinski definition) is 5. The summed E-state index contributed by atoms with van der Waals surface area (Å²) in [6, 6.07) is 13.4. The summed E-state index contributed by atoms with van der Waals surface area (Å²) in [6.45, 7) is 6.44. The minimum absolute atomic E-state index is 0.0120. The Morgan fingerprint density at radius 3 is 2.41 bits per heavy atom. The molecule has 0 radical (unpaired) electrons. The molecule has 2 atom stereocenters. The van der Waals surface area contributed by atoms with Crippen molar-refractivity contribution >= 4 is 45.7 Å². The Hall–Kier alpha value is -2.48. The number of carbonyl (C=O) groups is 2. The summed E-state index contributed by atoms with van der Waals surface area (Å²) in [6.07, 6.45) is 1.48. The van der Waals surface area contributed by atoms with Gasteiger partial charge in [0.1, 0.15) is 0 Å². The van der Waals surface area contributed by atoms with Crippen LogP contribution in [0.5, 0.6) is 0 Å². The largest absolute Gasteiger partial charge is 0.372 e. The molecule has 2 aromatic heterocycles. The van der Waals surface area contributed by atoms with E-state index in [1.54, 1.807) is 0 Å². The number of likely N-dealkylation sites (tertiary alicyclic amines) is 1. The Bertz CT molecular complexity index is 1210. The molecule has 0 spiro atoms. The van der Waals surface area contributed by atoms with Crippen LogP contribution in [0.25, 0.3) is 21.5 Å². The van der Waals surface area contributed by atoms with E-state index in [9.17, 15) is 9.59 Å². The molecule has 6 nitrogen and oxygen atoms in total. The van der Waals surface area contributed by atoms with Gasteiger partial charge < -0.3 is 14.5 Å². The summed E-state index contributed by atoms with van der Waals surface area (Å²) in [7, 11) is 0. The number of carbonyl (C=O) groups excluding carboxylic acids is 2. The van der Waals surface area contributed by atoms with Crippen molar-refractivity contribution in [3.63, 3.8) is 0 Å². The number of hydrogen-bond donors (Lipinski definition) is 0. The predicted molar refractivity (Wildman–Crippen MR) is 135 cm³/mol. The molecule has 2 aliphatic rings. The number of amides is 2. The molecule has 3 aromatic rings. The van der Waals surface area contributed by atoms with E-state index >= 15 is 0 Å². The maximum absolute atomic E-state index is 13.6. The smallest absolute Gasteiger partial charge is 0.254 e. The third-order valence-corrected chi connectivity index (χ3v) is 7.89. The molecule has 8 heteroatoms. The number of pyridine rings is 1. The van der Waals surface area contributed by atoms with E-state index in [0.29, 0.717) is 48.9 Å². The van der Waals surface area contributed by atoms with E-state index in [1.165, 1.54) is 11.3 Å². The van der Waals surface area contributed by atoms with Crippen molar-refractivity contribution in [3.05, 3.63) is 52.4 Å². The topological polar surface area (TPSA) is 62.7 Å². The van der Waals surface area contributed by atoms with Crippen LogP contribution in [0, 0.1) is 5.92 Å². The fourth-order valence-electron chi connectivity index (χ4n) is 5.05. The SMILES string of the molecule is CC1CN(C(=O)C2CCN(C(=O)c3cc(-c4ccc(Cl)s4)nc4ccccc34)CC2)CC(C)O1. The molecule has 34 heavy (non-hydrogen) atoms. The molecular weight excluding hydrogens is 470 g/mol. The molecule has 178 valence electrons. The highest BCUT2D eigenvalue weighted by molar-refractivity contribution is 7.19. The summed E-state index contributed by atoms with van der Waals surface area (Å²) in [4.78, 5) is 36.3. The highest BCUT2D eigenvalue weighted by Gasteiger charge is 2.34. The van der Waals surface area contributed by atoms with Crippen molar-refractivity contribution in [1.82, 2.24) is 14.8 Å². The van der Waals surface area contributed by atoms with Crippen LogP contribution in [0.4, 0.5) is 0 Å². The van der Waals surface area contributed by atoms with Gasteiger partial charge in [-0.2, -0.15) is 0 Å². The second kappa shape index (κ2) is 9.64. The van der Waals surface area contributed by atoms with Crippen LogP contribution in [-0.4, -0.2) is 65.0 Å². The quantitative estimate of drug-likeness (QED) is 0.504. The van der Waals surface area contributed by atoms with Crippen LogP contribution in [-0.2, 0) is 9.53 Å². The number of ether oxygens (including phenoxy) is 1. The molecule has 2 saturated heterocycles. The molecule has 2 aliphatic heterocycles. The van der Waals surface area contributed by atoms with Gasteiger partial charge in [0.2, 0.25) is 5.91 Å². The molecule has 1 aromatic carbocycles. The first-order valence-electron chi connectivity index (χ1n) is 11.8. The molecule has 5 rings (SSSR count). The first-order valence-corrected chi connectivity index (χ1v) is 13.0. The first kappa shape index (κ1) is 23.3. The zero-order valence-electron chi connectivity index (χ0n) is 19.4. The summed E-state index contributed by atoms with van der Waals surface area (Å²) >= 11 is 7.59. The summed E-state index contributed by atoms with van der Waals surface area (Å²) in [5, 5.41) is 0.841. The molecule has 2 fully saturated rings. The summed E-state index contributed by atoms with van der Waals surface area (Å²) < 4.78 is 6.46. The van der Waals surface area contributed by atoms with Gasteiger partial charge in [-0.1, -0.05) is 29.8 Å². The van der Waals surface area contributed by atoms with Gasteiger partial charge >= 0.3 is 0 Å². The number of benzene rings is 1. The van der Waals surface area contributed by atoms with E-state index in [2.05, 4.69) is 0 Å². The number of morpholine rings is 1. The molecular formula is C26H28ClN3O3S. The fourth-order valence-corrected chi connectivity index (χ4v) is 6.05. The minimum atomic E-state index is -0.0421. The van der Waals surface area contributed by atoms with Gasteiger partial charge in [-0.05, 0) is 51.0 Å².